The Balaban J connectivity index is 2.41. The number of esters is 1. The average molecular weight is 241 g/mol. The van der Waals surface area contributed by atoms with Gasteiger partial charge in [-0.3, -0.25) is 4.79 Å². The third-order valence-corrected chi connectivity index (χ3v) is 3.77. The zero-order valence-electron chi connectivity index (χ0n) is 11.7. The minimum atomic E-state index is -0.357. The molecule has 1 aliphatic heterocycles. The van der Waals surface area contributed by atoms with Crippen molar-refractivity contribution in [3.05, 3.63) is 0 Å². The molecule has 0 bridgehead atoms. The highest BCUT2D eigenvalue weighted by atomic mass is 16.5. The van der Waals surface area contributed by atoms with Crippen LogP contribution in [0, 0.1) is 17.3 Å². The normalized spacial score (nSPS) is 21.6. The lowest BCUT2D eigenvalue weighted by molar-refractivity contribution is -0.158. The van der Waals surface area contributed by atoms with Gasteiger partial charge in [0.2, 0.25) is 0 Å². The van der Waals surface area contributed by atoms with Crippen molar-refractivity contribution in [1.82, 2.24) is 5.32 Å². The van der Waals surface area contributed by atoms with Crippen LogP contribution in [0.15, 0.2) is 0 Å². The van der Waals surface area contributed by atoms with Crippen molar-refractivity contribution in [2.75, 3.05) is 19.7 Å². The number of ether oxygens (including phenoxy) is 1. The molecule has 1 rings (SSSR count). The van der Waals surface area contributed by atoms with Crippen LogP contribution in [-0.2, 0) is 9.53 Å². The molecule has 1 fully saturated rings. The Morgan fingerprint density at radius 2 is 2.18 bits per heavy atom. The first-order chi connectivity index (χ1) is 7.94. The third kappa shape index (κ3) is 4.30. The van der Waals surface area contributed by atoms with E-state index >= 15 is 0 Å². The number of hydrogen-bond acceptors (Lipinski definition) is 3. The van der Waals surface area contributed by atoms with Gasteiger partial charge in [-0.2, -0.15) is 0 Å². The summed E-state index contributed by atoms with van der Waals surface area (Å²) in [6.07, 6.45) is 3.23. The van der Waals surface area contributed by atoms with Crippen molar-refractivity contribution in [2.24, 2.45) is 17.3 Å². The summed E-state index contributed by atoms with van der Waals surface area (Å²) in [5, 5.41) is 3.36. The first-order valence-electron chi connectivity index (χ1n) is 6.82. The Hall–Kier alpha value is -0.570. The van der Waals surface area contributed by atoms with Crippen LogP contribution in [0.5, 0.6) is 0 Å². The molecule has 1 atom stereocenters. The Morgan fingerprint density at radius 1 is 1.47 bits per heavy atom. The van der Waals surface area contributed by atoms with E-state index in [0.29, 0.717) is 18.4 Å². The van der Waals surface area contributed by atoms with Gasteiger partial charge in [-0.05, 0) is 58.0 Å². The summed E-state index contributed by atoms with van der Waals surface area (Å²) in [7, 11) is 0. The molecule has 3 heteroatoms. The van der Waals surface area contributed by atoms with Gasteiger partial charge in [-0.25, -0.2) is 0 Å². The maximum Gasteiger partial charge on any atom is 0.311 e. The molecule has 3 nitrogen and oxygen atoms in total. The molecular formula is C14H27NO2. The minimum absolute atomic E-state index is 0.0353. The number of hydrogen-bond donors (Lipinski definition) is 1. The highest BCUT2D eigenvalue weighted by Crippen LogP contribution is 2.33. The first-order valence-corrected chi connectivity index (χ1v) is 6.82. The largest absolute Gasteiger partial charge is 0.465 e. The fourth-order valence-electron chi connectivity index (χ4n) is 2.21. The maximum absolute atomic E-state index is 12.1. The fourth-order valence-corrected chi connectivity index (χ4v) is 2.21. The van der Waals surface area contributed by atoms with E-state index in [1.165, 1.54) is 0 Å². The molecule has 1 heterocycles. The van der Waals surface area contributed by atoms with Gasteiger partial charge < -0.3 is 10.1 Å². The number of carbonyl (C=O) groups is 1. The molecule has 0 aromatic rings. The van der Waals surface area contributed by atoms with E-state index < -0.39 is 0 Å². The van der Waals surface area contributed by atoms with Gasteiger partial charge in [-0.1, -0.05) is 13.8 Å². The lowest BCUT2D eigenvalue weighted by atomic mass is 9.75. The van der Waals surface area contributed by atoms with Crippen LogP contribution in [0.3, 0.4) is 0 Å². The Kier molecular flexibility index (Phi) is 5.44. The smallest absolute Gasteiger partial charge is 0.311 e. The quantitative estimate of drug-likeness (QED) is 0.752. The van der Waals surface area contributed by atoms with Gasteiger partial charge >= 0.3 is 5.97 Å². The van der Waals surface area contributed by atoms with Crippen molar-refractivity contribution in [3.63, 3.8) is 0 Å². The number of nitrogens with one attached hydrogen (secondary N) is 1. The van der Waals surface area contributed by atoms with Crippen LogP contribution in [-0.4, -0.2) is 25.7 Å². The number of piperidine rings is 1. The molecule has 0 amide bonds. The SMILES string of the molecule is CC(C)CCOC(=O)C(C)(C)C1CCCNC1. The molecule has 0 radical (unpaired) electrons. The molecule has 1 unspecified atom stereocenters. The van der Waals surface area contributed by atoms with Crippen LogP contribution < -0.4 is 5.32 Å². The molecule has 0 saturated carbocycles. The van der Waals surface area contributed by atoms with E-state index in [9.17, 15) is 4.79 Å². The molecule has 1 N–H and O–H groups in total. The zero-order valence-corrected chi connectivity index (χ0v) is 11.7. The van der Waals surface area contributed by atoms with Crippen molar-refractivity contribution >= 4 is 5.97 Å². The average Bonchev–Trinajstić information content (AvgIpc) is 2.29. The molecule has 0 aromatic carbocycles. The Bertz CT molecular complexity index is 243. The monoisotopic (exact) mass is 241 g/mol. The third-order valence-electron chi connectivity index (χ3n) is 3.77. The Labute approximate surface area is 105 Å². The molecule has 1 saturated heterocycles. The van der Waals surface area contributed by atoms with Crippen molar-refractivity contribution in [1.29, 1.82) is 0 Å². The van der Waals surface area contributed by atoms with Crippen molar-refractivity contribution in [2.45, 2.75) is 47.0 Å². The van der Waals surface area contributed by atoms with Gasteiger partial charge in [0, 0.05) is 0 Å². The van der Waals surface area contributed by atoms with E-state index in [2.05, 4.69) is 19.2 Å². The summed E-state index contributed by atoms with van der Waals surface area (Å²) in [6, 6.07) is 0. The lowest BCUT2D eigenvalue weighted by Crippen LogP contribution is -2.43. The standard InChI is InChI=1S/C14H27NO2/c1-11(2)7-9-17-13(16)14(3,4)12-6-5-8-15-10-12/h11-12,15H,5-10H2,1-4H3. The first kappa shape index (κ1) is 14.5. The van der Waals surface area contributed by atoms with Gasteiger partial charge in [-0.15, -0.1) is 0 Å². The second-order valence-electron chi connectivity index (χ2n) is 6.08. The zero-order chi connectivity index (χ0) is 12.9. The fraction of sp³-hybridized carbons (Fsp3) is 0.929. The molecule has 1 aliphatic rings. The molecule has 0 aliphatic carbocycles. The summed E-state index contributed by atoms with van der Waals surface area (Å²) in [6.45, 7) is 10.9. The van der Waals surface area contributed by atoms with E-state index in [1.807, 2.05) is 13.8 Å². The predicted molar refractivity (Wildman–Crippen MR) is 69.8 cm³/mol. The molecule has 0 spiro atoms. The van der Waals surface area contributed by atoms with E-state index in [-0.39, 0.29) is 11.4 Å². The molecular weight excluding hydrogens is 214 g/mol. The molecule has 17 heavy (non-hydrogen) atoms. The van der Waals surface area contributed by atoms with E-state index in [0.717, 1.165) is 32.4 Å². The minimum Gasteiger partial charge on any atom is -0.465 e. The summed E-state index contributed by atoms with van der Waals surface area (Å²) in [5.41, 5.74) is -0.357. The van der Waals surface area contributed by atoms with Gasteiger partial charge in [0.25, 0.3) is 0 Å². The van der Waals surface area contributed by atoms with Gasteiger partial charge in [0.05, 0.1) is 12.0 Å². The maximum atomic E-state index is 12.1. The summed E-state index contributed by atoms with van der Waals surface area (Å²) in [5.74, 6) is 0.955. The summed E-state index contributed by atoms with van der Waals surface area (Å²) in [4.78, 5) is 12.1. The highest BCUT2D eigenvalue weighted by molar-refractivity contribution is 5.76. The van der Waals surface area contributed by atoms with Crippen LogP contribution in [0.25, 0.3) is 0 Å². The summed E-state index contributed by atoms with van der Waals surface area (Å²) >= 11 is 0. The van der Waals surface area contributed by atoms with Gasteiger partial charge in [0.1, 0.15) is 0 Å². The van der Waals surface area contributed by atoms with Crippen molar-refractivity contribution in [3.8, 4) is 0 Å². The number of carbonyl (C=O) groups excluding carboxylic acids is 1. The predicted octanol–water partition coefficient (Wildman–Crippen LogP) is 2.60. The highest BCUT2D eigenvalue weighted by Gasteiger charge is 2.38. The van der Waals surface area contributed by atoms with Crippen LogP contribution in [0.2, 0.25) is 0 Å². The van der Waals surface area contributed by atoms with Crippen LogP contribution >= 0.6 is 0 Å². The van der Waals surface area contributed by atoms with E-state index in [4.69, 9.17) is 4.74 Å². The molecule has 0 aromatic heterocycles. The van der Waals surface area contributed by atoms with Crippen LogP contribution in [0.1, 0.15) is 47.0 Å². The number of rotatable bonds is 5. The van der Waals surface area contributed by atoms with E-state index in [1.54, 1.807) is 0 Å². The topological polar surface area (TPSA) is 38.3 Å². The lowest BCUT2D eigenvalue weighted by Gasteiger charge is -2.35. The second kappa shape index (κ2) is 6.39. The molecule has 100 valence electrons. The second-order valence-corrected chi connectivity index (χ2v) is 6.08. The Morgan fingerprint density at radius 3 is 2.71 bits per heavy atom. The van der Waals surface area contributed by atoms with Gasteiger partial charge in [0.15, 0.2) is 0 Å². The van der Waals surface area contributed by atoms with Crippen LogP contribution in [0.4, 0.5) is 0 Å². The van der Waals surface area contributed by atoms with Crippen molar-refractivity contribution < 1.29 is 9.53 Å². The summed E-state index contributed by atoms with van der Waals surface area (Å²) < 4.78 is 5.40.